The van der Waals surface area contributed by atoms with Crippen LogP contribution >= 0.6 is 0 Å². The van der Waals surface area contributed by atoms with Gasteiger partial charge in [0.05, 0.1) is 12.8 Å². The normalized spacial score (nSPS) is 9.69. The molecule has 0 atom stereocenters. The minimum absolute atomic E-state index is 0.0460. The molecule has 1 N–H and O–H groups in total. The van der Waals surface area contributed by atoms with Crippen molar-refractivity contribution < 1.29 is 14.6 Å². The van der Waals surface area contributed by atoms with Gasteiger partial charge in [-0.2, -0.15) is 5.10 Å². The molecule has 1 rings (SSSR count). The van der Waals surface area contributed by atoms with E-state index in [1.54, 1.807) is 0 Å². The molecule has 1 heterocycles. The monoisotopic (exact) mass is 182 g/mol. The number of carboxylic acid groups (broad SMARTS) is 1. The lowest BCUT2D eigenvalue weighted by Crippen LogP contribution is -2.05. The first-order chi connectivity index (χ1) is 6.19. The van der Waals surface area contributed by atoms with E-state index in [-0.39, 0.29) is 11.4 Å². The summed E-state index contributed by atoms with van der Waals surface area (Å²) in [6.45, 7) is 1.88. The summed E-state index contributed by atoms with van der Waals surface area (Å²) >= 11 is 0. The molecular formula is C8H10N2O3. The molecule has 0 amide bonds. The van der Waals surface area contributed by atoms with E-state index >= 15 is 0 Å². The van der Waals surface area contributed by atoms with Crippen LogP contribution in [0.2, 0.25) is 0 Å². The minimum atomic E-state index is -1.05. The third kappa shape index (κ3) is 1.93. The zero-order valence-electron chi connectivity index (χ0n) is 7.44. The number of rotatable bonds is 3. The van der Waals surface area contributed by atoms with Crippen molar-refractivity contribution in [2.45, 2.75) is 13.3 Å². The molecule has 0 aromatic carbocycles. The van der Waals surface area contributed by atoms with Crippen molar-refractivity contribution in [3.8, 4) is 5.88 Å². The van der Waals surface area contributed by atoms with Crippen molar-refractivity contribution in [1.82, 2.24) is 10.2 Å². The topological polar surface area (TPSA) is 72.3 Å². The molecule has 0 bridgehead atoms. The Balaban J connectivity index is 3.18. The van der Waals surface area contributed by atoms with Gasteiger partial charge in [0.25, 0.3) is 0 Å². The van der Waals surface area contributed by atoms with Crippen molar-refractivity contribution >= 4 is 5.97 Å². The Morgan fingerprint density at radius 3 is 2.77 bits per heavy atom. The highest BCUT2D eigenvalue weighted by Crippen LogP contribution is 2.14. The SMILES string of the molecule is CCc1cc(C(=O)O)c(OC)nn1. The second-order valence-electron chi connectivity index (χ2n) is 2.42. The Labute approximate surface area is 75.4 Å². The third-order valence-electron chi connectivity index (χ3n) is 1.60. The summed E-state index contributed by atoms with van der Waals surface area (Å²) in [4.78, 5) is 10.7. The Kier molecular flexibility index (Phi) is 2.79. The highest BCUT2D eigenvalue weighted by Gasteiger charge is 2.13. The van der Waals surface area contributed by atoms with Crippen LogP contribution in [0.4, 0.5) is 0 Å². The minimum Gasteiger partial charge on any atom is -0.479 e. The molecule has 5 nitrogen and oxygen atoms in total. The smallest absolute Gasteiger partial charge is 0.341 e. The summed E-state index contributed by atoms with van der Waals surface area (Å²) < 4.78 is 4.75. The highest BCUT2D eigenvalue weighted by atomic mass is 16.5. The molecule has 0 saturated carbocycles. The van der Waals surface area contributed by atoms with Crippen LogP contribution in [0.1, 0.15) is 23.0 Å². The molecule has 0 spiro atoms. The van der Waals surface area contributed by atoms with E-state index in [0.29, 0.717) is 12.1 Å². The molecule has 0 aliphatic rings. The number of hydrogen-bond donors (Lipinski definition) is 1. The first kappa shape index (κ1) is 9.44. The fourth-order valence-electron chi connectivity index (χ4n) is 0.897. The molecule has 1 aromatic rings. The van der Waals surface area contributed by atoms with E-state index in [4.69, 9.17) is 9.84 Å². The first-order valence-corrected chi connectivity index (χ1v) is 3.83. The van der Waals surface area contributed by atoms with Crippen LogP contribution < -0.4 is 4.74 Å². The summed E-state index contributed by atoms with van der Waals surface area (Å²) in [5, 5.41) is 16.2. The average Bonchev–Trinajstić information content (AvgIpc) is 2.16. The number of aromatic carboxylic acids is 1. The lowest BCUT2D eigenvalue weighted by molar-refractivity contribution is 0.0692. The lowest BCUT2D eigenvalue weighted by Gasteiger charge is -2.03. The van der Waals surface area contributed by atoms with Gasteiger partial charge < -0.3 is 9.84 Å². The second-order valence-corrected chi connectivity index (χ2v) is 2.42. The predicted molar refractivity (Wildman–Crippen MR) is 44.9 cm³/mol. The molecule has 0 aliphatic heterocycles. The lowest BCUT2D eigenvalue weighted by atomic mass is 10.2. The molecule has 5 heteroatoms. The van der Waals surface area contributed by atoms with E-state index < -0.39 is 5.97 Å². The Hall–Kier alpha value is -1.65. The fraction of sp³-hybridized carbons (Fsp3) is 0.375. The third-order valence-corrected chi connectivity index (χ3v) is 1.60. The van der Waals surface area contributed by atoms with Crippen molar-refractivity contribution in [3.63, 3.8) is 0 Å². The first-order valence-electron chi connectivity index (χ1n) is 3.83. The van der Waals surface area contributed by atoms with E-state index in [1.165, 1.54) is 13.2 Å². The number of methoxy groups -OCH3 is 1. The van der Waals surface area contributed by atoms with Crippen molar-refractivity contribution in [3.05, 3.63) is 17.3 Å². The van der Waals surface area contributed by atoms with Crippen molar-refractivity contribution in [2.75, 3.05) is 7.11 Å². The number of nitrogens with zero attached hydrogens (tertiary/aromatic N) is 2. The van der Waals surface area contributed by atoms with Gasteiger partial charge >= 0.3 is 5.97 Å². The quantitative estimate of drug-likeness (QED) is 0.746. The van der Waals surface area contributed by atoms with Crippen LogP contribution in [0.5, 0.6) is 5.88 Å². The summed E-state index contributed by atoms with van der Waals surface area (Å²) in [7, 11) is 1.36. The maximum absolute atomic E-state index is 10.7. The van der Waals surface area contributed by atoms with Gasteiger partial charge in [-0.1, -0.05) is 6.92 Å². The summed E-state index contributed by atoms with van der Waals surface area (Å²) in [5.74, 6) is -1.01. The van der Waals surface area contributed by atoms with Gasteiger partial charge in [0.2, 0.25) is 5.88 Å². The van der Waals surface area contributed by atoms with Crippen LogP contribution in [0.25, 0.3) is 0 Å². The molecule has 13 heavy (non-hydrogen) atoms. The Morgan fingerprint density at radius 2 is 2.31 bits per heavy atom. The molecule has 0 radical (unpaired) electrons. The van der Waals surface area contributed by atoms with Crippen LogP contribution in [0.3, 0.4) is 0 Å². The van der Waals surface area contributed by atoms with Gasteiger partial charge in [-0.05, 0) is 12.5 Å². The van der Waals surface area contributed by atoms with Crippen molar-refractivity contribution in [1.29, 1.82) is 0 Å². The van der Waals surface area contributed by atoms with E-state index in [0.717, 1.165) is 0 Å². The van der Waals surface area contributed by atoms with Gasteiger partial charge in [0, 0.05) is 0 Å². The van der Waals surface area contributed by atoms with Crippen LogP contribution in [-0.2, 0) is 6.42 Å². The number of aryl methyl sites for hydroxylation is 1. The van der Waals surface area contributed by atoms with Gasteiger partial charge in [0.15, 0.2) is 0 Å². The van der Waals surface area contributed by atoms with Crippen LogP contribution in [-0.4, -0.2) is 28.4 Å². The molecule has 1 aromatic heterocycles. The second kappa shape index (κ2) is 3.84. The van der Waals surface area contributed by atoms with Gasteiger partial charge in [-0.3, -0.25) is 0 Å². The van der Waals surface area contributed by atoms with Gasteiger partial charge in [-0.25, -0.2) is 4.79 Å². The molecule has 70 valence electrons. The number of hydrogen-bond acceptors (Lipinski definition) is 4. The van der Waals surface area contributed by atoms with Crippen molar-refractivity contribution in [2.24, 2.45) is 0 Å². The van der Waals surface area contributed by atoms with E-state index in [1.807, 2.05) is 6.92 Å². The van der Waals surface area contributed by atoms with E-state index in [2.05, 4.69) is 10.2 Å². The zero-order valence-corrected chi connectivity index (χ0v) is 7.44. The summed E-state index contributed by atoms with van der Waals surface area (Å²) in [6, 6.07) is 1.47. The molecule has 0 aliphatic carbocycles. The van der Waals surface area contributed by atoms with Crippen LogP contribution in [0.15, 0.2) is 6.07 Å². The predicted octanol–water partition coefficient (Wildman–Crippen LogP) is 0.746. The summed E-state index contributed by atoms with van der Waals surface area (Å²) in [6.07, 6.45) is 0.650. The molecular weight excluding hydrogens is 172 g/mol. The molecule has 0 fully saturated rings. The Bertz CT molecular complexity index is 325. The Morgan fingerprint density at radius 1 is 1.62 bits per heavy atom. The largest absolute Gasteiger partial charge is 0.479 e. The zero-order chi connectivity index (χ0) is 9.84. The number of ether oxygens (including phenoxy) is 1. The number of carboxylic acids is 1. The molecule has 0 saturated heterocycles. The standard InChI is InChI=1S/C8H10N2O3/c1-3-5-4-6(8(11)12)7(13-2)10-9-5/h4H,3H2,1-2H3,(H,11,12). The number of carbonyl (C=O) groups is 1. The maximum atomic E-state index is 10.7. The number of aromatic nitrogens is 2. The summed E-state index contributed by atoms with van der Waals surface area (Å²) in [5.41, 5.74) is 0.688. The van der Waals surface area contributed by atoms with Crippen LogP contribution in [0, 0.1) is 0 Å². The van der Waals surface area contributed by atoms with Gasteiger partial charge in [0.1, 0.15) is 5.56 Å². The molecule has 0 unspecified atom stereocenters. The fourth-order valence-corrected chi connectivity index (χ4v) is 0.897. The maximum Gasteiger partial charge on any atom is 0.341 e. The average molecular weight is 182 g/mol. The van der Waals surface area contributed by atoms with E-state index in [9.17, 15) is 4.79 Å². The van der Waals surface area contributed by atoms with Gasteiger partial charge in [-0.15, -0.1) is 5.10 Å². The highest BCUT2D eigenvalue weighted by molar-refractivity contribution is 5.90.